The van der Waals surface area contributed by atoms with Crippen molar-refractivity contribution in [2.45, 2.75) is 46.3 Å². The van der Waals surface area contributed by atoms with Crippen LogP contribution in [0.5, 0.6) is 0 Å². The molecule has 0 spiro atoms. The molecule has 24 heavy (non-hydrogen) atoms. The first-order valence-corrected chi connectivity index (χ1v) is 7.99. The van der Waals surface area contributed by atoms with Gasteiger partial charge in [0.1, 0.15) is 11.6 Å². The summed E-state index contributed by atoms with van der Waals surface area (Å²) in [6.07, 6.45) is 0. The van der Waals surface area contributed by atoms with Crippen molar-refractivity contribution in [3.8, 4) is 0 Å². The average Bonchev–Trinajstić information content (AvgIpc) is 2.48. The smallest absolute Gasteiger partial charge is 0.191 e. The van der Waals surface area contributed by atoms with Crippen molar-refractivity contribution >= 4 is 29.9 Å². The maximum Gasteiger partial charge on any atom is 0.191 e. The zero-order chi connectivity index (χ0) is 17.4. The second kappa shape index (κ2) is 11.6. The van der Waals surface area contributed by atoms with Crippen LogP contribution in [0.2, 0.25) is 0 Å². The Labute approximate surface area is 161 Å². The fourth-order valence-electron chi connectivity index (χ4n) is 2.49. The maximum absolute atomic E-state index is 13.6. The second-order valence-electron chi connectivity index (χ2n) is 6.01. The first-order chi connectivity index (χ1) is 10.8. The minimum Gasteiger partial charge on any atom is -0.355 e. The highest BCUT2D eigenvalue weighted by Gasteiger charge is 2.12. The molecule has 0 saturated heterocycles. The summed E-state index contributed by atoms with van der Waals surface area (Å²) in [6, 6.07) is 4.36. The van der Waals surface area contributed by atoms with Crippen LogP contribution >= 0.6 is 24.0 Å². The Kier molecular flexibility index (Phi) is 11.1. The Hall–Kier alpha value is -0.960. The zero-order valence-corrected chi connectivity index (χ0v) is 17.4. The third-order valence-corrected chi connectivity index (χ3v) is 3.67. The van der Waals surface area contributed by atoms with Crippen molar-refractivity contribution in [2.24, 2.45) is 4.99 Å². The van der Waals surface area contributed by atoms with E-state index >= 15 is 0 Å². The van der Waals surface area contributed by atoms with Crippen LogP contribution in [0, 0.1) is 11.6 Å². The minimum atomic E-state index is -0.448. The fraction of sp³-hybridized carbons (Fsp3) is 0.588. The molecule has 2 N–H and O–H groups in total. The zero-order valence-electron chi connectivity index (χ0n) is 15.1. The van der Waals surface area contributed by atoms with E-state index in [0.717, 1.165) is 25.2 Å². The minimum absolute atomic E-state index is 0. The molecule has 0 aliphatic carbocycles. The van der Waals surface area contributed by atoms with Crippen molar-refractivity contribution in [3.05, 3.63) is 35.4 Å². The number of rotatable bonds is 7. The molecule has 0 aliphatic rings. The first kappa shape index (κ1) is 23.0. The monoisotopic (exact) mass is 454 g/mol. The topological polar surface area (TPSA) is 39.7 Å². The lowest BCUT2D eigenvalue weighted by Crippen LogP contribution is -2.45. The summed E-state index contributed by atoms with van der Waals surface area (Å²) in [6.45, 7) is 10.5. The van der Waals surface area contributed by atoms with Gasteiger partial charge in [-0.1, -0.05) is 0 Å². The quantitative estimate of drug-likeness (QED) is 0.377. The van der Waals surface area contributed by atoms with Crippen LogP contribution in [0.1, 0.15) is 33.3 Å². The van der Waals surface area contributed by atoms with E-state index in [1.165, 1.54) is 6.07 Å². The molecule has 0 heterocycles. The van der Waals surface area contributed by atoms with Gasteiger partial charge in [0.15, 0.2) is 5.96 Å². The number of benzene rings is 1. The number of hydrogen-bond donors (Lipinski definition) is 2. The Morgan fingerprint density at radius 3 is 2.29 bits per heavy atom. The average molecular weight is 454 g/mol. The van der Waals surface area contributed by atoms with Crippen LogP contribution in [0.15, 0.2) is 23.2 Å². The molecule has 7 heteroatoms. The summed E-state index contributed by atoms with van der Waals surface area (Å²) in [5.74, 6) is -0.308. The van der Waals surface area contributed by atoms with Crippen molar-refractivity contribution in [2.75, 3.05) is 20.1 Å². The summed E-state index contributed by atoms with van der Waals surface area (Å²) >= 11 is 0. The van der Waals surface area contributed by atoms with Gasteiger partial charge >= 0.3 is 0 Å². The van der Waals surface area contributed by atoms with Crippen LogP contribution in [-0.2, 0) is 6.54 Å². The maximum atomic E-state index is 13.6. The molecule has 0 aliphatic heterocycles. The SMILES string of the molecule is CN=C(NCCN(C(C)C)C(C)C)NCc1cc(F)ccc1F.I. The van der Waals surface area contributed by atoms with Gasteiger partial charge in [-0.15, -0.1) is 24.0 Å². The lowest BCUT2D eigenvalue weighted by molar-refractivity contribution is 0.178. The normalized spacial score (nSPS) is 11.8. The van der Waals surface area contributed by atoms with E-state index in [0.29, 0.717) is 18.0 Å². The highest BCUT2D eigenvalue weighted by atomic mass is 127. The lowest BCUT2D eigenvalue weighted by Gasteiger charge is -2.30. The van der Waals surface area contributed by atoms with Crippen molar-refractivity contribution in [1.82, 2.24) is 15.5 Å². The molecule has 0 bridgehead atoms. The van der Waals surface area contributed by atoms with Crippen LogP contribution in [-0.4, -0.2) is 43.1 Å². The van der Waals surface area contributed by atoms with Gasteiger partial charge < -0.3 is 10.6 Å². The number of guanidine groups is 1. The molecule has 0 saturated carbocycles. The Bertz CT molecular complexity index is 513. The van der Waals surface area contributed by atoms with Crippen LogP contribution in [0.4, 0.5) is 8.78 Å². The number of aliphatic imine (C=N–C) groups is 1. The molecule has 138 valence electrons. The number of nitrogens with one attached hydrogen (secondary N) is 2. The van der Waals surface area contributed by atoms with E-state index in [4.69, 9.17) is 0 Å². The predicted octanol–water partition coefficient (Wildman–Crippen LogP) is 3.37. The van der Waals surface area contributed by atoms with Gasteiger partial charge in [0, 0.05) is 44.3 Å². The van der Waals surface area contributed by atoms with Crippen LogP contribution < -0.4 is 10.6 Å². The molecule has 1 aromatic rings. The Morgan fingerprint density at radius 2 is 1.75 bits per heavy atom. The number of nitrogens with zero attached hydrogens (tertiary/aromatic N) is 2. The molecule has 0 aromatic heterocycles. The Balaban J connectivity index is 0.00000529. The number of halogens is 3. The molecular formula is C17H29F2IN4. The highest BCUT2D eigenvalue weighted by molar-refractivity contribution is 14.0. The van der Waals surface area contributed by atoms with E-state index in [1.807, 2.05) is 0 Å². The van der Waals surface area contributed by atoms with E-state index in [2.05, 4.69) is 48.2 Å². The van der Waals surface area contributed by atoms with Gasteiger partial charge in [-0.3, -0.25) is 9.89 Å². The van der Waals surface area contributed by atoms with Gasteiger partial charge in [0.25, 0.3) is 0 Å². The molecule has 0 amide bonds. The molecule has 0 radical (unpaired) electrons. The predicted molar refractivity (Wildman–Crippen MR) is 107 cm³/mol. The van der Waals surface area contributed by atoms with E-state index in [9.17, 15) is 8.78 Å². The van der Waals surface area contributed by atoms with Gasteiger partial charge in [-0.2, -0.15) is 0 Å². The largest absolute Gasteiger partial charge is 0.355 e. The molecular weight excluding hydrogens is 425 g/mol. The summed E-state index contributed by atoms with van der Waals surface area (Å²) in [7, 11) is 1.65. The van der Waals surface area contributed by atoms with Crippen LogP contribution in [0.3, 0.4) is 0 Å². The molecule has 0 fully saturated rings. The lowest BCUT2D eigenvalue weighted by atomic mass is 10.2. The number of hydrogen-bond acceptors (Lipinski definition) is 2. The molecule has 1 aromatic carbocycles. The Morgan fingerprint density at radius 1 is 1.12 bits per heavy atom. The fourth-order valence-corrected chi connectivity index (χ4v) is 2.49. The third-order valence-electron chi connectivity index (χ3n) is 3.67. The van der Waals surface area contributed by atoms with Crippen LogP contribution in [0.25, 0.3) is 0 Å². The third kappa shape index (κ3) is 7.74. The highest BCUT2D eigenvalue weighted by Crippen LogP contribution is 2.09. The van der Waals surface area contributed by atoms with Crippen molar-refractivity contribution < 1.29 is 8.78 Å². The summed E-state index contributed by atoms with van der Waals surface area (Å²) in [4.78, 5) is 6.47. The molecule has 4 nitrogen and oxygen atoms in total. The van der Waals surface area contributed by atoms with E-state index in [1.54, 1.807) is 7.05 Å². The van der Waals surface area contributed by atoms with E-state index < -0.39 is 11.6 Å². The molecule has 0 unspecified atom stereocenters. The van der Waals surface area contributed by atoms with E-state index in [-0.39, 0.29) is 36.1 Å². The summed E-state index contributed by atoms with van der Waals surface area (Å²) in [5.41, 5.74) is 0.277. The van der Waals surface area contributed by atoms with Crippen molar-refractivity contribution in [1.29, 1.82) is 0 Å². The second-order valence-corrected chi connectivity index (χ2v) is 6.01. The van der Waals surface area contributed by atoms with Gasteiger partial charge in [0.05, 0.1) is 0 Å². The molecule has 1 rings (SSSR count). The van der Waals surface area contributed by atoms with Crippen molar-refractivity contribution in [3.63, 3.8) is 0 Å². The first-order valence-electron chi connectivity index (χ1n) is 7.99. The standard InChI is InChI=1S/C17H28F2N4.HI/c1-12(2)23(13(3)4)9-8-21-17(20-5)22-11-14-10-15(18)6-7-16(14)19;/h6-7,10,12-13H,8-9,11H2,1-5H3,(H2,20,21,22);1H. The van der Waals surface area contributed by atoms with Gasteiger partial charge in [-0.25, -0.2) is 8.78 Å². The summed E-state index contributed by atoms with van der Waals surface area (Å²) in [5, 5.41) is 6.19. The van der Waals surface area contributed by atoms with Gasteiger partial charge in [-0.05, 0) is 45.9 Å². The molecule has 0 atom stereocenters. The van der Waals surface area contributed by atoms with Gasteiger partial charge in [0.2, 0.25) is 0 Å². The summed E-state index contributed by atoms with van der Waals surface area (Å²) < 4.78 is 26.7.